The second kappa shape index (κ2) is 12.7. The van der Waals surface area contributed by atoms with Crippen LogP contribution in [0.4, 0.5) is 5.69 Å². The number of carbonyl (C=O) groups excluding carboxylic acids is 3. The molecule has 0 spiro atoms. The Morgan fingerprint density at radius 2 is 1.45 bits per heavy atom. The number of ketones is 1. The van der Waals surface area contributed by atoms with Crippen LogP contribution in [0.5, 0.6) is 0 Å². The van der Waals surface area contributed by atoms with Crippen LogP contribution in [-0.4, -0.2) is 56.6 Å². The molecule has 11 heteroatoms. The maximum absolute atomic E-state index is 13.0. The topological polar surface area (TPSA) is 139 Å². The Bertz CT molecular complexity index is 1390. The lowest BCUT2D eigenvalue weighted by Crippen LogP contribution is -2.46. The van der Waals surface area contributed by atoms with Gasteiger partial charge in [-0.2, -0.15) is 0 Å². The summed E-state index contributed by atoms with van der Waals surface area (Å²) in [4.78, 5) is 39.3. The molecule has 0 bridgehead atoms. The summed E-state index contributed by atoms with van der Waals surface area (Å²) in [6.45, 7) is 0.979. The minimum absolute atomic E-state index is 0. The van der Waals surface area contributed by atoms with Gasteiger partial charge in [-0.3, -0.25) is 19.1 Å². The van der Waals surface area contributed by atoms with E-state index in [0.717, 1.165) is 12.8 Å². The van der Waals surface area contributed by atoms with Gasteiger partial charge in [-0.25, -0.2) is 8.42 Å². The minimum atomic E-state index is -4.04. The summed E-state index contributed by atoms with van der Waals surface area (Å²) in [6.07, 6.45) is 1.46. The molecule has 38 heavy (non-hydrogen) atoms. The second-order valence-corrected chi connectivity index (χ2v) is 10.5. The number of nitrogens with two attached hydrogens (primary N) is 1. The number of nitrogens with one attached hydrogen (secondary N) is 2. The highest BCUT2D eigenvalue weighted by Gasteiger charge is 2.22. The molecule has 0 radical (unpaired) electrons. The van der Waals surface area contributed by atoms with Crippen molar-refractivity contribution in [3.63, 3.8) is 0 Å². The Hall–Kier alpha value is -3.73. The molecule has 4 rings (SSSR count). The van der Waals surface area contributed by atoms with Gasteiger partial charge in [0.2, 0.25) is 5.91 Å². The smallest absolute Gasteiger partial charge is 0.261 e. The number of carbonyl (C=O) groups is 3. The molecule has 2 amide bonds. The highest BCUT2D eigenvalue weighted by molar-refractivity contribution is 7.92. The first-order valence-corrected chi connectivity index (χ1v) is 13.4. The normalized spacial score (nSPS) is 13.8. The highest BCUT2D eigenvalue weighted by Crippen LogP contribution is 2.23. The molecule has 0 aromatic heterocycles. The second-order valence-electron chi connectivity index (χ2n) is 8.77. The summed E-state index contributed by atoms with van der Waals surface area (Å²) in [7, 11) is -4.04. The number of sulfonamides is 1. The zero-order valence-electron chi connectivity index (χ0n) is 20.5. The first-order valence-electron chi connectivity index (χ1n) is 11.9. The van der Waals surface area contributed by atoms with Gasteiger partial charge in [0.25, 0.3) is 15.9 Å². The van der Waals surface area contributed by atoms with Gasteiger partial charge in [-0.1, -0.05) is 42.5 Å². The number of hydrogen-bond acceptors (Lipinski definition) is 6. The summed E-state index contributed by atoms with van der Waals surface area (Å²) in [6, 6.07) is 20.4. The zero-order chi connectivity index (χ0) is 26.4. The third-order valence-corrected chi connectivity index (χ3v) is 7.55. The first kappa shape index (κ1) is 28.8. The molecule has 1 aliphatic rings. The molecule has 4 N–H and O–H groups in total. The highest BCUT2D eigenvalue weighted by atomic mass is 35.5. The lowest BCUT2D eigenvalue weighted by Gasteiger charge is -2.30. The van der Waals surface area contributed by atoms with Crippen LogP contribution in [0.25, 0.3) is 0 Å². The molecule has 3 aromatic rings. The predicted molar refractivity (Wildman–Crippen MR) is 147 cm³/mol. The van der Waals surface area contributed by atoms with Gasteiger partial charge in [0, 0.05) is 35.8 Å². The number of benzene rings is 3. The molecule has 0 aliphatic carbocycles. The van der Waals surface area contributed by atoms with E-state index in [1.165, 1.54) is 30.3 Å². The summed E-state index contributed by atoms with van der Waals surface area (Å²) in [5.74, 6) is -0.988. The number of anilines is 1. The summed E-state index contributed by atoms with van der Waals surface area (Å²) >= 11 is 0. The number of hydrogen-bond donors (Lipinski definition) is 3. The maximum atomic E-state index is 13.0. The molecular formula is C27H29ClN4O5S. The number of likely N-dealkylation sites (tertiary alicyclic amines) is 1. The van der Waals surface area contributed by atoms with E-state index < -0.39 is 15.9 Å². The standard InChI is InChI=1S/C27H28N4O5S.ClH/c28-21-14-16-31(17-15-21)25(32)18-29-27(34)20-10-12-22(13-11-20)37(35,36)30-24-9-5-4-8-23(24)26(33)19-6-2-1-3-7-19;/h1-13,21,30H,14-18,28H2,(H,29,34);1H. The molecule has 1 aliphatic heterocycles. The number of para-hydroxylation sites is 1. The Morgan fingerprint density at radius 1 is 0.842 bits per heavy atom. The summed E-state index contributed by atoms with van der Waals surface area (Å²) in [5, 5.41) is 2.58. The fraction of sp³-hybridized carbons (Fsp3) is 0.222. The van der Waals surface area contributed by atoms with E-state index in [1.54, 1.807) is 53.4 Å². The maximum Gasteiger partial charge on any atom is 0.261 e. The van der Waals surface area contributed by atoms with E-state index >= 15 is 0 Å². The van der Waals surface area contributed by atoms with Crippen molar-refractivity contribution in [3.8, 4) is 0 Å². The average molecular weight is 557 g/mol. The number of halogens is 1. The minimum Gasteiger partial charge on any atom is -0.343 e. The lowest BCUT2D eigenvalue weighted by molar-refractivity contribution is -0.131. The summed E-state index contributed by atoms with van der Waals surface area (Å²) < 4.78 is 28.5. The van der Waals surface area contributed by atoms with Crippen LogP contribution in [0.15, 0.2) is 83.8 Å². The quantitative estimate of drug-likeness (QED) is 0.365. The van der Waals surface area contributed by atoms with Crippen molar-refractivity contribution >= 4 is 45.7 Å². The first-order chi connectivity index (χ1) is 17.7. The van der Waals surface area contributed by atoms with Crippen LogP contribution in [0, 0.1) is 0 Å². The van der Waals surface area contributed by atoms with Gasteiger partial charge in [-0.15, -0.1) is 12.4 Å². The molecule has 0 atom stereocenters. The number of piperidine rings is 1. The van der Waals surface area contributed by atoms with Crippen molar-refractivity contribution in [3.05, 3.63) is 95.6 Å². The fourth-order valence-electron chi connectivity index (χ4n) is 4.02. The van der Waals surface area contributed by atoms with Crippen LogP contribution in [0.2, 0.25) is 0 Å². The molecule has 0 saturated carbocycles. The largest absolute Gasteiger partial charge is 0.343 e. The number of rotatable bonds is 8. The van der Waals surface area contributed by atoms with Crippen molar-refractivity contribution in [1.29, 1.82) is 0 Å². The monoisotopic (exact) mass is 556 g/mol. The molecule has 200 valence electrons. The third-order valence-electron chi connectivity index (χ3n) is 6.17. The van der Waals surface area contributed by atoms with Gasteiger partial charge in [0.05, 0.1) is 17.1 Å². The van der Waals surface area contributed by atoms with E-state index in [2.05, 4.69) is 10.0 Å². The molecule has 1 heterocycles. The predicted octanol–water partition coefficient (Wildman–Crippen LogP) is 2.82. The van der Waals surface area contributed by atoms with E-state index in [4.69, 9.17) is 5.73 Å². The van der Waals surface area contributed by atoms with Crippen molar-refractivity contribution in [2.45, 2.75) is 23.8 Å². The Kier molecular flexibility index (Phi) is 9.62. The van der Waals surface area contributed by atoms with Gasteiger partial charge in [0.1, 0.15) is 0 Å². The Labute approximate surface area is 227 Å². The molecule has 0 unspecified atom stereocenters. The van der Waals surface area contributed by atoms with Crippen molar-refractivity contribution in [1.82, 2.24) is 10.2 Å². The molecule has 9 nitrogen and oxygen atoms in total. The van der Waals surface area contributed by atoms with Crippen LogP contribution < -0.4 is 15.8 Å². The molecular weight excluding hydrogens is 528 g/mol. The van der Waals surface area contributed by atoms with Crippen molar-refractivity contribution in [2.75, 3.05) is 24.4 Å². The fourth-order valence-corrected chi connectivity index (χ4v) is 5.10. The van der Waals surface area contributed by atoms with Gasteiger partial charge < -0.3 is 16.0 Å². The van der Waals surface area contributed by atoms with Crippen LogP contribution >= 0.6 is 12.4 Å². The van der Waals surface area contributed by atoms with Crippen molar-refractivity contribution < 1.29 is 22.8 Å². The van der Waals surface area contributed by atoms with Crippen LogP contribution in [0.3, 0.4) is 0 Å². The van der Waals surface area contributed by atoms with Crippen LogP contribution in [0.1, 0.15) is 39.1 Å². The van der Waals surface area contributed by atoms with E-state index in [0.29, 0.717) is 18.7 Å². The van der Waals surface area contributed by atoms with Gasteiger partial charge in [-0.05, 0) is 49.2 Å². The molecule has 3 aromatic carbocycles. The zero-order valence-corrected chi connectivity index (χ0v) is 22.1. The van der Waals surface area contributed by atoms with Crippen molar-refractivity contribution in [2.24, 2.45) is 5.73 Å². The Morgan fingerprint density at radius 3 is 2.11 bits per heavy atom. The molecule has 1 fully saturated rings. The van der Waals surface area contributed by atoms with E-state index in [9.17, 15) is 22.8 Å². The van der Waals surface area contributed by atoms with E-state index in [-0.39, 0.29) is 58.4 Å². The van der Waals surface area contributed by atoms with Gasteiger partial charge in [0.15, 0.2) is 5.78 Å². The lowest BCUT2D eigenvalue weighted by atomic mass is 10.0. The molecule has 1 saturated heterocycles. The SMILES string of the molecule is Cl.NC1CCN(C(=O)CNC(=O)c2ccc(S(=O)(=O)Nc3ccccc3C(=O)c3ccccc3)cc2)CC1. The van der Waals surface area contributed by atoms with E-state index in [1.807, 2.05) is 0 Å². The Balaban J connectivity index is 0.00000400. The number of amides is 2. The number of nitrogens with zero attached hydrogens (tertiary/aromatic N) is 1. The average Bonchev–Trinajstić information content (AvgIpc) is 2.92. The van der Waals surface area contributed by atoms with Gasteiger partial charge >= 0.3 is 0 Å². The summed E-state index contributed by atoms with van der Waals surface area (Å²) in [5.41, 5.74) is 6.87. The van der Waals surface area contributed by atoms with Crippen LogP contribution in [-0.2, 0) is 14.8 Å². The third kappa shape index (κ3) is 6.97.